The molecule has 454 valence electrons. The van der Waals surface area contributed by atoms with Crippen LogP contribution in [-0.4, -0.2) is 47.2 Å². The normalized spacial score (nSPS) is 12.1. The average molecular weight is 1280 g/mol. The van der Waals surface area contributed by atoms with Gasteiger partial charge in [-0.15, -0.1) is 0 Å². The number of nitrogens with one attached hydrogen (secondary N) is 1. The van der Waals surface area contributed by atoms with Crippen molar-refractivity contribution in [2.45, 2.75) is 71.1 Å². The van der Waals surface area contributed by atoms with Gasteiger partial charge in [-0.2, -0.15) is 0 Å². The van der Waals surface area contributed by atoms with Gasteiger partial charge in [-0.1, -0.05) is 58.3 Å². The lowest BCUT2D eigenvalue weighted by Gasteiger charge is -2.20. The molecule has 0 spiro atoms. The lowest BCUT2D eigenvalue weighted by atomic mass is 10.1. The summed E-state index contributed by atoms with van der Waals surface area (Å²) >= 11 is -11.9. The van der Waals surface area contributed by atoms with E-state index in [1.807, 2.05) is 0 Å². The lowest BCUT2D eigenvalue weighted by Crippen LogP contribution is -2.60. The average Bonchev–Trinajstić information content (AvgIpc) is 2.35. The van der Waals surface area contributed by atoms with Gasteiger partial charge in [0, 0.05) is 13.0 Å². The van der Waals surface area contributed by atoms with Crippen LogP contribution in [0.5, 0.6) is 0 Å². The maximum Gasteiger partial charge on any atom is 0.413 e. The number of halogens is 30. The molecule has 34 heteroatoms. The Morgan fingerprint density at radius 2 is 0.417 bits per heavy atom. The van der Waals surface area contributed by atoms with Crippen LogP contribution < -0.4 is 31.9 Å². The summed E-state index contributed by atoms with van der Waals surface area (Å²) in [7, 11) is 0. The number of aliphatic imine (C=N–C) groups is 1. The summed E-state index contributed by atoms with van der Waals surface area (Å²) in [6, 6.07) is 0. The molecule has 1 heterocycles. The molecule has 0 saturated heterocycles. The zero-order chi connectivity index (χ0) is 63.4. The quantitative estimate of drug-likeness (QED) is 0.0337. The van der Waals surface area contributed by atoms with Gasteiger partial charge in [-0.05, 0) is 33.0 Å². The molecular weight excluding hydrogens is 1250 g/mol. The lowest BCUT2D eigenvalue weighted by molar-refractivity contribution is 0.380. The second-order valence-corrected chi connectivity index (χ2v) is 22.8. The van der Waals surface area contributed by atoms with Gasteiger partial charge in [0.2, 0.25) is 0 Å². The summed E-state index contributed by atoms with van der Waals surface area (Å²) in [5, 5.41) is 3.33. The van der Waals surface area contributed by atoms with Crippen molar-refractivity contribution in [2.24, 2.45) is 4.99 Å². The van der Waals surface area contributed by atoms with Crippen LogP contribution in [0.15, 0.2) is 4.99 Å². The Labute approximate surface area is 460 Å². The Kier molecular flexibility index (Phi) is 23.1. The van der Waals surface area contributed by atoms with Crippen LogP contribution in [0, 0.1) is 175 Å². The van der Waals surface area contributed by atoms with Crippen molar-refractivity contribution >= 4 is 60.7 Å². The minimum absolute atomic E-state index is 0.993. The first-order valence-electron chi connectivity index (χ1n) is 23.6. The van der Waals surface area contributed by atoms with Crippen LogP contribution >= 0.6 is 0 Å². The number of benzene rings is 6. The van der Waals surface area contributed by atoms with Crippen LogP contribution in [0.1, 0.15) is 71.1 Å². The second-order valence-electron chi connectivity index (χ2n) is 17.6. The predicted octanol–water partition coefficient (Wildman–Crippen LogP) is 12.5. The third kappa shape index (κ3) is 13.1. The SMILES string of the molecule is CCCCCCCCCCCC1=NCCN1.Fc1c(F)c(F)[c]([Al]([c]2c(F)c(F)c(F)c(F)c2F)[c]2c(F)c(F)c(F)c(F)c2F)c(F)c1F.Fc1c(F)c(F)[c]([Al]([c]2c(F)c(F)c(F)c(F)c2F)[c]2c(F)c(F)c(F)c(F)c2F)c(F)c1F. The van der Waals surface area contributed by atoms with Crippen molar-refractivity contribution in [3.05, 3.63) is 175 Å². The Morgan fingerprint density at radius 3 is 0.583 bits per heavy atom. The Morgan fingerprint density at radius 1 is 0.250 bits per heavy atom. The molecule has 0 saturated carbocycles. The Hall–Kier alpha value is -6.25. The van der Waals surface area contributed by atoms with Crippen molar-refractivity contribution in [2.75, 3.05) is 13.1 Å². The molecule has 6 aromatic carbocycles. The minimum Gasteiger partial charge on any atom is -0.372 e. The van der Waals surface area contributed by atoms with Crippen molar-refractivity contribution < 1.29 is 132 Å². The van der Waals surface area contributed by atoms with E-state index in [2.05, 4.69) is 17.2 Å². The van der Waals surface area contributed by atoms with Crippen molar-refractivity contribution in [1.82, 2.24) is 5.32 Å². The number of amidine groups is 1. The number of nitrogens with zero attached hydrogens (tertiary/aromatic N) is 1. The molecule has 0 radical (unpaired) electrons. The first kappa shape index (κ1) is 68.5. The maximum absolute atomic E-state index is 14.4. The molecule has 0 unspecified atom stereocenters. The molecule has 2 nitrogen and oxygen atoms in total. The highest BCUT2D eigenvalue weighted by Gasteiger charge is 2.49. The standard InChI is InChI=1S/C14H28N2.6C6F5.2Al/c1-2-3-4-5-6-7-8-9-10-11-14-15-12-13-16-14;6*7-2-1-3(8)5(10)6(11)4(2)9;;/h2-13H2,1H3,(H,15,16);;;;;;;;. The van der Waals surface area contributed by atoms with Crippen molar-refractivity contribution in [3.63, 3.8) is 0 Å². The molecule has 0 fully saturated rings. The molecule has 0 aromatic heterocycles. The summed E-state index contributed by atoms with van der Waals surface area (Å²) in [6.45, 7) is 4.33. The highest BCUT2D eigenvalue weighted by Crippen LogP contribution is 2.27. The molecule has 1 aliphatic heterocycles. The number of rotatable bonds is 16. The molecule has 7 rings (SSSR count). The van der Waals surface area contributed by atoms with E-state index in [-0.39, 0.29) is 0 Å². The summed E-state index contributed by atoms with van der Waals surface area (Å²) in [5.74, 6) is -87.9. The molecule has 0 aliphatic carbocycles. The summed E-state index contributed by atoms with van der Waals surface area (Å²) in [5.41, 5.74) is 0. The van der Waals surface area contributed by atoms with Gasteiger partial charge in [-0.3, -0.25) is 4.99 Å². The first-order valence-corrected chi connectivity index (χ1v) is 27.1. The molecular formula is C50H28Al2F30N2. The van der Waals surface area contributed by atoms with Gasteiger partial charge in [-0.25, -0.2) is 132 Å². The highest BCUT2D eigenvalue weighted by atomic mass is 27.2. The molecule has 0 bridgehead atoms. The minimum atomic E-state index is -5.96. The number of hydrogen-bond acceptors (Lipinski definition) is 2. The molecule has 0 amide bonds. The van der Waals surface area contributed by atoms with Crippen LogP contribution in [-0.2, 0) is 0 Å². The highest BCUT2D eigenvalue weighted by molar-refractivity contribution is 6.96. The van der Waals surface area contributed by atoms with Crippen LogP contribution in [0.2, 0.25) is 0 Å². The second kappa shape index (κ2) is 28.3. The van der Waals surface area contributed by atoms with Gasteiger partial charge in [0.25, 0.3) is 0 Å². The van der Waals surface area contributed by atoms with E-state index in [0.717, 1.165) is 13.1 Å². The van der Waals surface area contributed by atoms with Crippen molar-refractivity contribution in [1.29, 1.82) is 0 Å². The summed E-state index contributed by atoms with van der Waals surface area (Å²) < 4.78 is 403. The Bertz CT molecular complexity index is 2840. The maximum atomic E-state index is 14.4. The number of unbranched alkanes of at least 4 members (excludes halogenated alkanes) is 8. The fourth-order valence-corrected chi connectivity index (χ4v) is 14.6. The first-order chi connectivity index (χ1) is 39.3. The third-order valence-corrected chi connectivity index (χ3v) is 19.0. The van der Waals surface area contributed by atoms with Gasteiger partial charge in [0.05, 0.1) is 12.4 Å². The van der Waals surface area contributed by atoms with E-state index in [1.54, 1.807) is 0 Å². The fraction of sp³-hybridized carbons (Fsp3) is 0.260. The van der Waals surface area contributed by atoms with Gasteiger partial charge in [0.1, 0.15) is 0 Å². The zero-order valence-corrected chi connectivity index (χ0v) is 43.7. The van der Waals surface area contributed by atoms with E-state index in [9.17, 15) is 132 Å². The van der Waals surface area contributed by atoms with Crippen LogP contribution in [0.4, 0.5) is 132 Å². The molecule has 1 aliphatic rings. The predicted molar refractivity (Wildman–Crippen MR) is 239 cm³/mol. The fourth-order valence-electron chi connectivity index (χ4n) is 8.34. The van der Waals surface area contributed by atoms with Crippen LogP contribution in [0.3, 0.4) is 0 Å². The molecule has 6 aromatic rings. The number of hydrogen-bond donors (Lipinski definition) is 1. The smallest absolute Gasteiger partial charge is 0.372 e. The van der Waals surface area contributed by atoms with Crippen molar-refractivity contribution in [3.8, 4) is 0 Å². The van der Waals surface area contributed by atoms with E-state index < -0.39 is 229 Å². The Balaban J connectivity index is 0.000000246. The largest absolute Gasteiger partial charge is 0.413 e. The van der Waals surface area contributed by atoms with Gasteiger partial charge < -0.3 is 5.32 Å². The molecule has 1 N–H and O–H groups in total. The van der Waals surface area contributed by atoms with Crippen LogP contribution in [0.25, 0.3) is 0 Å². The molecule has 84 heavy (non-hydrogen) atoms. The summed E-state index contributed by atoms with van der Waals surface area (Å²) in [4.78, 5) is 4.41. The topological polar surface area (TPSA) is 24.4 Å². The van der Waals surface area contributed by atoms with Gasteiger partial charge >= 0.3 is 28.3 Å². The zero-order valence-electron chi connectivity index (χ0n) is 41.4. The van der Waals surface area contributed by atoms with E-state index in [4.69, 9.17) is 0 Å². The summed E-state index contributed by atoms with van der Waals surface area (Å²) in [6.07, 6.45) is 13.8. The van der Waals surface area contributed by atoms with E-state index in [0.29, 0.717) is 0 Å². The monoisotopic (exact) mass is 1280 g/mol. The van der Waals surface area contributed by atoms with E-state index in [1.165, 1.54) is 70.0 Å². The third-order valence-electron chi connectivity index (χ3n) is 12.5. The van der Waals surface area contributed by atoms with Gasteiger partial charge in [0.15, 0.2) is 175 Å². The molecule has 0 atom stereocenters. The van der Waals surface area contributed by atoms with E-state index >= 15 is 0 Å².